The minimum Gasteiger partial charge on any atom is -0.480 e. The fourth-order valence-corrected chi connectivity index (χ4v) is 2.87. The first-order chi connectivity index (χ1) is 8.65. The molecule has 0 bridgehead atoms. The van der Waals surface area contributed by atoms with Gasteiger partial charge in [0.2, 0.25) is 10.0 Å². The second-order valence-electron chi connectivity index (χ2n) is 3.55. The normalized spacial score (nSPS) is 12.9. The Morgan fingerprint density at radius 1 is 1.53 bits per heavy atom. The zero-order valence-electron chi connectivity index (χ0n) is 9.53. The number of halogens is 1. The third-order valence-electron chi connectivity index (χ3n) is 2.12. The third-order valence-corrected chi connectivity index (χ3v) is 4.14. The number of carbonyl (C=O) groups is 1. The molecule has 0 aromatic heterocycles. The molecule has 0 aliphatic carbocycles. The molecule has 1 unspecified atom stereocenters. The second-order valence-corrected chi connectivity index (χ2v) is 5.64. The first-order valence-corrected chi connectivity index (χ1v) is 6.70. The lowest BCUT2D eigenvalue weighted by Crippen LogP contribution is -2.38. The van der Waals surface area contributed by atoms with Gasteiger partial charge in [-0.2, -0.15) is 4.72 Å². The SMILES string of the molecule is CC(NS(=O)(=O)c1cc([N+](=O)[O-])ccc1Cl)C(=O)O. The van der Waals surface area contributed by atoms with Crippen LogP contribution in [0.25, 0.3) is 0 Å². The van der Waals surface area contributed by atoms with Gasteiger partial charge in [0.1, 0.15) is 10.9 Å². The van der Waals surface area contributed by atoms with Crippen molar-refractivity contribution in [1.82, 2.24) is 4.72 Å². The van der Waals surface area contributed by atoms with Crippen LogP contribution in [0, 0.1) is 10.1 Å². The number of benzene rings is 1. The molecular formula is C9H9ClN2O6S. The first kappa shape index (κ1) is 15.3. The van der Waals surface area contributed by atoms with Crippen LogP contribution in [0.4, 0.5) is 5.69 Å². The van der Waals surface area contributed by atoms with Crippen LogP contribution in [0.2, 0.25) is 5.02 Å². The number of nitro benzene ring substituents is 1. The summed E-state index contributed by atoms with van der Waals surface area (Å²) in [5.41, 5.74) is -0.465. The van der Waals surface area contributed by atoms with E-state index in [2.05, 4.69) is 0 Å². The number of carboxylic acid groups (broad SMARTS) is 1. The average Bonchev–Trinajstić information content (AvgIpc) is 2.28. The van der Waals surface area contributed by atoms with Crippen molar-refractivity contribution < 1.29 is 23.2 Å². The highest BCUT2D eigenvalue weighted by Crippen LogP contribution is 2.26. The maximum Gasteiger partial charge on any atom is 0.321 e. The highest BCUT2D eigenvalue weighted by atomic mass is 35.5. The van der Waals surface area contributed by atoms with E-state index < -0.39 is 37.5 Å². The lowest BCUT2D eigenvalue weighted by atomic mass is 10.3. The summed E-state index contributed by atoms with van der Waals surface area (Å²) in [6, 6.07) is 1.47. The minimum atomic E-state index is -4.26. The summed E-state index contributed by atoms with van der Waals surface area (Å²) < 4.78 is 25.6. The Hall–Kier alpha value is -1.71. The van der Waals surface area contributed by atoms with Crippen LogP contribution < -0.4 is 4.72 Å². The number of nitro groups is 1. The van der Waals surface area contributed by atoms with Crippen molar-refractivity contribution in [2.45, 2.75) is 17.9 Å². The van der Waals surface area contributed by atoms with Gasteiger partial charge in [0.25, 0.3) is 5.69 Å². The molecule has 0 fully saturated rings. The monoisotopic (exact) mass is 308 g/mol. The second kappa shape index (κ2) is 5.51. The van der Waals surface area contributed by atoms with Crippen molar-refractivity contribution in [3.8, 4) is 0 Å². The molecule has 10 heteroatoms. The number of hydrogen-bond donors (Lipinski definition) is 2. The summed E-state index contributed by atoms with van der Waals surface area (Å²) in [4.78, 5) is 19.8. The van der Waals surface area contributed by atoms with Crippen LogP contribution in [0.1, 0.15) is 6.92 Å². The Morgan fingerprint density at radius 3 is 2.58 bits per heavy atom. The number of hydrogen-bond acceptors (Lipinski definition) is 5. The molecule has 8 nitrogen and oxygen atoms in total. The summed E-state index contributed by atoms with van der Waals surface area (Å²) in [7, 11) is -4.26. The standard InChI is InChI=1S/C9H9ClN2O6S/c1-5(9(13)14)11-19(17,18)8-4-6(12(15)16)2-3-7(8)10/h2-5,11H,1H3,(H,13,14). The van der Waals surface area contributed by atoms with Gasteiger partial charge in [-0.25, -0.2) is 8.42 Å². The number of aliphatic carboxylic acids is 1. The Balaban J connectivity index is 3.24. The maximum atomic E-state index is 11.9. The average molecular weight is 309 g/mol. The lowest BCUT2D eigenvalue weighted by Gasteiger charge is -2.11. The molecule has 2 N–H and O–H groups in total. The largest absolute Gasteiger partial charge is 0.480 e. The summed E-state index contributed by atoms with van der Waals surface area (Å²) in [5.74, 6) is -1.38. The Morgan fingerprint density at radius 2 is 2.11 bits per heavy atom. The van der Waals surface area contributed by atoms with Crippen molar-refractivity contribution in [1.29, 1.82) is 0 Å². The predicted molar refractivity (Wildman–Crippen MR) is 65.5 cm³/mol. The Labute approximate surface area is 113 Å². The number of non-ortho nitro benzene ring substituents is 1. The Bertz CT molecular complexity index is 630. The summed E-state index contributed by atoms with van der Waals surface area (Å²) in [5, 5.41) is 19.0. The molecule has 1 aromatic carbocycles. The van der Waals surface area contributed by atoms with Crippen LogP contribution in [-0.2, 0) is 14.8 Å². The topological polar surface area (TPSA) is 127 Å². The van der Waals surface area contributed by atoms with Crippen molar-refractivity contribution in [2.24, 2.45) is 0 Å². The van der Waals surface area contributed by atoms with Gasteiger partial charge in [0, 0.05) is 12.1 Å². The minimum absolute atomic E-state index is 0.240. The number of nitrogens with zero attached hydrogens (tertiary/aromatic N) is 1. The molecule has 0 heterocycles. The molecule has 0 amide bonds. The molecule has 0 aliphatic heterocycles. The maximum absolute atomic E-state index is 11.9. The summed E-state index contributed by atoms with van der Waals surface area (Å²) in [6.07, 6.45) is 0. The van der Waals surface area contributed by atoms with Crippen LogP contribution in [0.3, 0.4) is 0 Å². The van der Waals surface area contributed by atoms with Crippen molar-refractivity contribution in [3.05, 3.63) is 33.3 Å². The molecule has 0 radical (unpaired) electrons. The number of carboxylic acids is 1. The van der Waals surface area contributed by atoms with Gasteiger partial charge >= 0.3 is 5.97 Å². The zero-order chi connectivity index (χ0) is 14.8. The van der Waals surface area contributed by atoms with Gasteiger partial charge in [-0.05, 0) is 13.0 Å². The first-order valence-electron chi connectivity index (χ1n) is 4.84. The van der Waals surface area contributed by atoms with Gasteiger partial charge in [-0.3, -0.25) is 14.9 Å². The molecule has 104 valence electrons. The smallest absolute Gasteiger partial charge is 0.321 e. The van der Waals surface area contributed by atoms with Crippen LogP contribution in [0.5, 0.6) is 0 Å². The quantitative estimate of drug-likeness (QED) is 0.617. The fourth-order valence-electron chi connectivity index (χ4n) is 1.16. The lowest BCUT2D eigenvalue weighted by molar-refractivity contribution is -0.385. The van der Waals surface area contributed by atoms with Gasteiger partial charge in [-0.1, -0.05) is 11.6 Å². The molecule has 0 saturated carbocycles. The molecule has 19 heavy (non-hydrogen) atoms. The van der Waals surface area contributed by atoms with Gasteiger partial charge in [0.05, 0.1) is 9.95 Å². The van der Waals surface area contributed by atoms with Gasteiger partial charge in [0.15, 0.2) is 0 Å². The van der Waals surface area contributed by atoms with Crippen molar-refractivity contribution in [2.75, 3.05) is 0 Å². The number of sulfonamides is 1. The fraction of sp³-hybridized carbons (Fsp3) is 0.222. The van der Waals surface area contributed by atoms with E-state index in [4.69, 9.17) is 16.7 Å². The number of nitrogens with one attached hydrogen (secondary N) is 1. The van der Waals surface area contributed by atoms with E-state index >= 15 is 0 Å². The summed E-state index contributed by atoms with van der Waals surface area (Å²) >= 11 is 5.66. The molecule has 1 atom stereocenters. The Kier molecular flexibility index (Phi) is 4.45. The van der Waals surface area contributed by atoms with Crippen molar-refractivity contribution >= 4 is 33.3 Å². The number of rotatable bonds is 5. The van der Waals surface area contributed by atoms with Gasteiger partial charge in [-0.15, -0.1) is 0 Å². The van der Waals surface area contributed by atoms with E-state index in [0.29, 0.717) is 0 Å². The molecular weight excluding hydrogens is 300 g/mol. The highest BCUT2D eigenvalue weighted by Gasteiger charge is 2.25. The van der Waals surface area contributed by atoms with E-state index in [0.717, 1.165) is 25.1 Å². The van der Waals surface area contributed by atoms with Crippen molar-refractivity contribution in [3.63, 3.8) is 0 Å². The zero-order valence-corrected chi connectivity index (χ0v) is 11.1. The molecule has 0 aliphatic rings. The molecule has 0 saturated heterocycles. The van der Waals surface area contributed by atoms with E-state index in [1.54, 1.807) is 0 Å². The third kappa shape index (κ3) is 3.63. The predicted octanol–water partition coefficient (Wildman–Crippen LogP) is 1.000. The molecule has 1 aromatic rings. The van der Waals surface area contributed by atoms with Crippen LogP contribution >= 0.6 is 11.6 Å². The van der Waals surface area contributed by atoms with Crippen LogP contribution in [-0.4, -0.2) is 30.5 Å². The molecule has 0 spiro atoms. The highest BCUT2D eigenvalue weighted by molar-refractivity contribution is 7.89. The van der Waals surface area contributed by atoms with E-state index in [1.165, 1.54) is 0 Å². The van der Waals surface area contributed by atoms with Gasteiger partial charge < -0.3 is 5.11 Å². The van der Waals surface area contributed by atoms with E-state index in [9.17, 15) is 23.3 Å². The molecule has 1 rings (SSSR count). The summed E-state index contributed by atoms with van der Waals surface area (Å²) in [6.45, 7) is 1.12. The van der Waals surface area contributed by atoms with E-state index in [1.807, 2.05) is 4.72 Å². The van der Waals surface area contributed by atoms with Crippen LogP contribution in [0.15, 0.2) is 23.1 Å². The van der Waals surface area contributed by atoms with E-state index in [-0.39, 0.29) is 5.02 Å².